The molecule has 5 heteroatoms. The highest BCUT2D eigenvalue weighted by molar-refractivity contribution is 6.08. The van der Waals surface area contributed by atoms with Gasteiger partial charge in [-0.15, -0.1) is 0 Å². The van der Waals surface area contributed by atoms with Crippen molar-refractivity contribution in [2.24, 2.45) is 0 Å². The summed E-state index contributed by atoms with van der Waals surface area (Å²) >= 11 is 0. The Labute approximate surface area is 130 Å². The Balaban J connectivity index is 1.80. The minimum absolute atomic E-state index is 1.02. The Kier molecular flexibility index (Phi) is 3.22. The second kappa shape index (κ2) is 5.25. The Morgan fingerprint density at radius 1 is 1.14 bits per heavy atom. The van der Waals surface area contributed by atoms with Crippen LogP contribution in [0.2, 0.25) is 0 Å². The minimum Gasteiger partial charge on any atom is -0.352 e. The van der Waals surface area contributed by atoms with Gasteiger partial charge in [0, 0.05) is 37.1 Å². The lowest BCUT2D eigenvalue weighted by Gasteiger charge is -2.34. The van der Waals surface area contributed by atoms with Crippen LogP contribution in [0.5, 0.6) is 0 Å². The van der Waals surface area contributed by atoms with Gasteiger partial charge in [0.1, 0.15) is 17.4 Å². The summed E-state index contributed by atoms with van der Waals surface area (Å²) in [4.78, 5) is 17.4. The molecule has 0 radical (unpaired) electrons. The normalized spacial score (nSPS) is 16.7. The highest BCUT2D eigenvalue weighted by Crippen LogP contribution is 2.29. The molecular formula is C17H21N5. The largest absolute Gasteiger partial charge is 0.352 e. The number of rotatable bonds is 2. The first-order valence-corrected chi connectivity index (χ1v) is 7.96. The fourth-order valence-corrected chi connectivity index (χ4v) is 3.31. The van der Waals surface area contributed by atoms with Crippen molar-refractivity contribution < 1.29 is 0 Å². The number of hydrogen-bond acceptors (Lipinski definition) is 4. The monoisotopic (exact) mass is 295 g/mol. The number of aromatic nitrogens is 3. The number of nitrogens with zero attached hydrogens (tertiary/aromatic N) is 4. The van der Waals surface area contributed by atoms with Crippen molar-refractivity contribution >= 4 is 27.8 Å². The lowest BCUT2D eigenvalue weighted by molar-refractivity contribution is 0.270. The molecule has 1 aromatic carbocycles. The zero-order valence-electron chi connectivity index (χ0n) is 13.1. The lowest BCUT2D eigenvalue weighted by Crippen LogP contribution is -2.46. The molecule has 1 saturated heterocycles. The summed E-state index contributed by atoms with van der Waals surface area (Å²) in [5.41, 5.74) is 4.49. The lowest BCUT2D eigenvalue weighted by atomic mass is 10.2. The van der Waals surface area contributed by atoms with Crippen LogP contribution in [0, 0.1) is 6.92 Å². The molecule has 114 valence electrons. The third-order valence-corrected chi connectivity index (χ3v) is 4.64. The van der Waals surface area contributed by atoms with Gasteiger partial charge >= 0.3 is 0 Å². The molecule has 3 aromatic rings. The molecule has 3 heterocycles. The number of anilines is 1. The van der Waals surface area contributed by atoms with Crippen LogP contribution in [0.4, 0.5) is 5.82 Å². The number of likely N-dealkylation sites (N-methyl/N-ethyl adjacent to an activating group) is 1. The molecule has 1 fully saturated rings. The number of piperazine rings is 1. The maximum Gasteiger partial charge on any atom is 0.156 e. The smallest absolute Gasteiger partial charge is 0.156 e. The molecule has 0 aliphatic carbocycles. The van der Waals surface area contributed by atoms with Gasteiger partial charge in [-0.25, -0.2) is 9.97 Å². The van der Waals surface area contributed by atoms with Crippen LogP contribution in [0.25, 0.3) is 21.9 Å². The van der Waals surface area contributed by atoms with E-state index in [0.717, 1.165) is 55.1 Å². The molecule has 5 nitrogen and oxygen atoms in total. The zero-order chi connectivity index (χ0) is 15.1. The molecule has 1 aliphatic heterocycles. The van der Waals surface area contributed by atoms with E-state index in [9.17, 15) is 0 Å². The fourth-order valence-electron chi connectivity index (χ4n) is 3.31. The molecule has 0 unspecified atom stereocenters. The van der Waals surface area contributed by atoms with Crippen molar-refractivity contribution in [3.63, 3.8) is 0 Å². The van der Waals surface area contributed by atoms with Gasteiger partial charge in [0.15, 0.2) is 5.82 Å². The summed E-state index contributed by atoms with van der Waals surface area (Å²) in [5.74, 6) is 1.04. The van der Waals surface area contributed by atoms with Gasteiger partial charge < -0.3 is 14.8 Å². The summed E-state index contributed by atoms with van der Waals surface area (Å²) < 4.78 is 0. The maximum atomic E-state index is 4.56. The van der Waals surface area contributed by atoms with Crippen LogP contribution in [0.15, 0.2) is 24.5 Å². The van der Waals surface area contributed by atoms with Crippen molar-refractivity contribution in [1.29, 1.82) is 0 Å². The number of H-pyrrole nitrogens is 1. The topological polar surface area (TPSA) is 48.1 Å². The molecule has 22 heavy (non-hydrogen) atoms. The molecule has 4 rings (SSSR count). The molecule has 0 saturated carbocycles. The second-order valence-corrected chi connectivity index (χ2v) is 6.02. The van der Waals surface area contributed by atoms with Crippen molar-refractivity contribution in [3.8, 4) is 0 Å². The van der Waals surface area contributed by atoms with Gasteiger partial charge in [0.05, 0.1) is 0 Å². The third kappa shape index (κ3) is 2.13. The summed E-state index contributed by atoms with van der Waals surface area (Å²) in [5, 5.41) is 1.18. The van der Waals surface area contributed by atoms with Gasteiger partial charge in [0.25, 0.3) is 0 Å². The van der Waals surface area contributed by atoms with E-state index in [1.807, 2.05) is 0 Å². The van der Waals surface area contributed by atoms with Crippen molar-refractivity contribution in [2.45, 2.75) is 13.8 Å². The van der Waals surface area contributed by atoms with E-state index >= 15 is 0 Å². The molecule has 0 atom stereocenters. The first-order valence-electron chi connectivity index (χ1n) is 7.96. The number of nitrogens with one attached hydrogen (secondary N) is 1. The van der Waals surface area contributed by atoms with Gasteiger partial charge in [0.2, 0.25) is 0 Å². The van der Waals surface area contributed by atoms with Crippen molar-refractivity contribution in [1.82, 2.24) is 19.9 Å². The van der Waals surface area contributed by atoms with Gasteiger partial charge in [-0.2, -0.15) is 0 Å². The minimum atomic E-state index is 1.02. The second-order valence-electron chi connectivity index (χ2n) is 6.02. The van der Waals surface area contributed by atoms with Gasteiger partial charge in [-0.1, -0.05) is 19.1 Å². The molecule has 2 aromatic heterocycles. The molecule has 1 aliphatic rings. The highest BCUT2D eigenvalue weighted by atomic mass is 15.3. The predicted octanol–water partition coefficient (Wildman–Crippen LogP) is 2.56. The molecular weight excluding hydrogens is 274 g/mol. The Hall–Kier alpha value is -2.14. The number of hydrogen-bond donors (Lipinski definition) is 1. The van der Waals surface area contributed by atoms with Crippen LogP contribution in [0.1, 0.15) is 12.5 Å². The summed E-state index contributed by atoms with van der Waals surface area (Å²) in [6.07, 6.45) is 1.69. The van der Waals surface area contributed by atoms with Crippen LogP contribution in [-0.4, -0.2) is 52.6 Å². The first kappa shape index (κ1) is 13.5. The number of aryl methyl sites for hydroxylation is 1. The molecule has 0 spiro atoms. The molecule has 0 bridgehead atoms. The van der Waals surface area contributed by atoms with E-state index in [1.165, 1.54) is 10.9 Å². The Morgan fingerprint density at radius 3 is 2.73 bits per heavy atom. The zero-order valence-corrected chi connectivity index (χ0v) is 13.1. The Morgan fingerprint density at radius 2 is 1.95 bits per heavy atom. The quantitative estimate of drug-likeness (QED) is 0.789. The summed E-state index contributed by atoms with van der Waals surface area (Å²) in [7, 11) is 0. The van der Waals surface area contributed by atoms with E-state index in [2.05, 4.69) is 56.8 Å². The number of fused-ring (bicyclic) bond motifs is 3. The van der Waals surface area contributed by atoms with Crippen LogP contribution >= 0.6 is 0 Å². The van der Waals surface area contributed by atoms with E-state index in [1.54, 1.807) is 6.33 Å². The summed E-state index contributed by atoms with van der Waals surface area (Å²) in [6, 6.07) is 6.46. The van der Waals surface area contributed by atoms with Gasteiger partial charge in [-0.05, 0) is 25.1 Å². The molecule has 0 amide bonds. The van der Waals surface area contributed by atoms with Crippen LogP contribution in [-0.2, 0) is 0 Å². The van der Waals surface area contributed by atoms with Crippen molar-refractivity contribution in [2.75, 3.05) is 37.6 Å². The van der Waals surface area contributed by atoms with E-state index in [-0.39, 0.29) is 0 Å². The average molecular weight is 295 g/mol. The Bertz CT molecular complexity index is 814. The van der Waals surface area contributed by atoms with Crippen LogP contribution < -0.4 is 4.90 Å². The molecule has 1 N–H and O–H groups in total. The summed E-state index contributed by atoms with van der Waals surface area (Å²) in [6.45, 7) is 9.70. The predicted molar refractivity (Wildman–Crippen MR) is 90.5 cm³/mol. The third-order valence-electron chi connectivity index (χ3n) is 4.64. The van der Waals surface area contributed by atoms with Crippen LogP contribution in [0.3, 0.4) is 0 Å². The highest BCUT2D eigenvalue weighted by Gasteiger charge is 2.20. The van der Waals surface area contributed by atoms with E-state index < -0.39 is 0 Å². The van der Waals surface area contributed by atoms with E-state index in [4.69, 9.17) is 0 Å². The number of benzene rings is 1. The van der Waals surface area contributed by atoms with E-state index in [0.29, 0.717) is 0 Å². The van der Waals surface area contributed by atoms with Crippen molar-refractivity contribution in [3.05, 3.63) is 30.1 Å². The average Bonchev–Trinajstić information content (AvgIpc) is 2.92. The first-order chi connectivity index (χ1) is 10.8. The fraction of sp³-hybridized carbons (Fsp3) is 0.412. The number of aromatic amines is 1. The van der Waals surface area contributed by atoms with Gasteiger partial charge in [-0.3, -0.25) is 0 Å². The standard InChI is InChI=1S/C17H21N5/c1-3-21-6-8-22(9-7-21)17-16-15(18-11-19-17)13-5-4-12(2)10-14(13)20-16/h4-5,10-11,20H,3,6-9H2,1-2H3. The SMILES string of the molecule is CCN1CCN(c2ncnc3c2[nH]c2cc(C)ccc23)CC1. The maximum absolute atomic E-state index is 4.56.